The van der Waals surface area contributed by atoms with Crippen LogP contribution < -0.4 is 4.74 Å². The molecule has 21 heavy (non-hydrogen) atoms. The van der Waals surface area contributed by atoms with Crippen LogP contribution >= 0.6 is 11.8 Å². The van der Waals surface area contributed by atoms with Crippen LogP contribution in [0.1, 0.15) is 13.8 Å². The number of carbonyl (C=O) groups excluding carboxylic acids is 1. The molecule has 1 aromatic rings. The molecule has 1 N–H and O–H groups in total. The Bertz CT molecular complexity index is 473. The molecule has 0 bridgehead atoms. The summed E-state index contributed by atoms with van der Waals surface area (Å²) in [5.74, 6) is 0.0782. The highest BCUT2D eigenvalue weighted by molar-refractivity contribution is 8.00. The number of carboxylic acid groups (broad SMARTS) is 1. The average molecular weight is 311 g/mol. The molecule has 0 unspecified atom stereocenters. The topological polar surface area (TPSA) is 66.8 Å². The third kappa shape index (κ3) is 6.53. The first kappa shape index (κ1) is 17.4. The summed E-state index contributed by atoms with van der Waals surface area (Å²) in [7, 11) is 1.60. The van der Waals surface area contributed by atoms with Crippen LogP contribution in [0.2, 0.25) is 0 Å². The van der Waals surface area contributed by atoms with Crippen molar-refractivity contribution >= 4 is 23.6 Å². The molecule has 0 heterocycles. The van der Waals surface area contributed by atoms with Gasteiger partial charge in [-0.25, -0.2) is 0 Å². The van der Waals surface area contributed by atoms with Crippen molar-refractivity contribution in [3.05, 3.63) is 24.3 Å². The first-order valence-electron chi connectivity index (χ1n) is 6.68. The molecular weight excluding hydrogens is 290 g/mol. The Labute approximate surface area is 129 Å². The second-order valence-electron chi connectivity index (χ2n) is 5.03. The van der Waals surface area contributed by atoms with Gasteiger partial charge >= 0.3 is 5.97 Å². The van der Waals surface area contributed by atoms with E-state index in [1.54, 1.807) is 7.11 Å². The summed E-state index contributed by atoms with van der Waals surface area (Å²) in [6.07, 6.45) is 0. The summed E-state index contributed by atoms with van der Waals surface area (Å²) in [5.41, 5.74) is 0. The molecule has 0 radical (unpaired) electrons. The number of hydrogen-bond donors (Lipinski definition) is 1. The second kappa shape index (κ2) is 8.56. The smallest absolute Gasteiger partial charge is 0.323 e. The fourth-order valence-electron chi connectivity index (χ4n) is 1.77. The minimum atomic E-state index is -0.988. The van der Waals surface area contributed by atoms with Crippen molar-refractivity contribution in [1.29, 1.82) is 0 Å². The van der Waals surface area contributed by atoms with E-state index in [9.17, 15) is 9.59 Å². The highest BCUT2D eigenvalue weighted by Crippen LogP contribution is 2.21. The van der Waals surface area contributed by atoms with Crippen molar-refractivity contribution in [2.45, 2.75) is 18.7 Å². The molecule has 0 aromatic heterocycles. The molecule has 6 heteroatoms. The molecule has 0 spiro atoms. The Hall–Kier alpha value is -1.69. The number of thioether (sulfide) groups is 1. The number of rotatable bonds is 8. The number of carbonyl (C=O) groups is 2. The molecule has 5 nitrogen and oxygen atoms in total. The Morgan fingerprint density at radius 3 is 2.38 bits per heavy atom. The van der Waals surface area contributed by atoms with E-state index in [0.29, 0.717) is 6.54 Å². The zero-order chi connectivity index (χ0) is 15.8. The lowest BCUT2D eigenvalue weighted by Gasteiger charge is -2.22. The maximum Gasteiger partial charge on any atom is 0.323 e. The van der Waals surface area contributed by atoms with Crippen LogP contribution in [-0.4, -0.2) is 47.8 Å². The van der Waals surface area contributed by atoms with E-state index < -0.39 is 5.97 Å². The molecule has 1 rings (SSSR count). The Kier molecular flexibility index (Phi) is 7.08. The van der Waals surface area contributed by atoms with Crippen LogP contribution in [0.4, 0.5) is 0 Å². The van der Waals surface area contributed by atoms with E-state index in [2.05, 4.69) is 0 Å². The quantitative estimate of drug-likeness (QED) is 0.747. The number of nitrogens with zero attached hydrogens (tertiary/aromatic N) is 1. The molecule has 0 aliphatic carbocycles. The normalized spacial score (nSPS) is 10.5. The SMILES string of the molecule is COc1ccc(SCC(=O)N(CC(=O)O)CC(C)C)cc1. The molecule has 0 fully saturated rings. The van der Waals surface area contributed by atoms with Gasteiger partial charge in [0.15, 0.2) is 0 Å². The molecule has 0 saturated heterocycles. The molecule has 1 aromatic carbocycles. The van der Waals surface area contributed by atoms with E-state index in [0.717, 1.165) is 10.6 Å². The Morgan fingerprint density at radius 1 is 1.29 bits per heavy atom. The fourth-order valence-corrected chi connectivity index (χ4v) is 2.57. The van der Waals surface area contributed by atoms with Crippen molar-refractivity contribution in [3.63, 3.8) is 0 Å². The lowest BCUT2D eigenvalue weighted by molar-refractivity contribution is -0.143. The maximum atomic E-state index is 12.1. The number of carboxylic acids is 1. The van der Waals surface area contributed by atoms with Gasteiger partial charge in [-0.15, -0.1) is 11.8 Å². The van der Waals surface area contributed by atoms with Crippen molar-refractivity contribution in [2.75, 3.05) is 26.0 Å². The maximum absolute atomic E-state index is 12.1. The minimum absolute atomic E-state index is 0.160. The van der Waals surface area contributed by atoms with E-state index >= 15 is 0 Å². The highest BCUT2D eigenvalue weighted by Gasteiger charge is 2.17. The van der Waals surface area contributed by atoms with Gasteiger partial charge in [0.05, 0.1) is 12.9 Å². The van der Waals surface area contributed by atoms with E-state index in [4.69, 9.17) is 9.84 Å². The van der Waals surface area contributed by atoms with Gasteiger partial charge in [0.1, 0.15) is 12.3 Å². The summed E-state index contributed by atoms with van der Waals surface area (Å²) in [4.78, 5) is 25.3. The molecule has 0 aliphatic heterocycles. The first-order chi connectivity index (χ1) is 9.92. The average Bonchev–Trinajstić information content (AvgIpc) is 2.43. The van der Waals surface area contributed by atoms with Gasteiger partial charge in [-0.1, -0.05) is 13.8 Å². The van der Waals surface area contributed by atoms with Crippen LogP contribution in [0.5, 0.6) is 5.75 Å². The van der Waals surface area contributed by atoms with Gasteiger partial charge in [-0.05, 0) is 30.2 Å². The van der Waals surface area contributed by atoms with Crippen molar-refractivity contribution in [1.82, 2.24) is 4.90 Å². The summed E-state index contributed by atoms with van der Waals surface area (Å²) in [5, 5.41) is 8.87. The van der Waals surface area contributed by atoms with E-state index in [-0.39, 0.29) is 24.1 Å². The Morgan fingerprint density at radius 2 is 1.90 bits per heavy atom. The van der Waals surface area contributed by atoms with Gasteiger partial charge in [-0.3, -0.25) is 9.59 Å². The molecule has 1 amide bonds. The molecule has 0 atom stereocenters. The number of hydrogen-bond acceptors (Lipinski definition) is 4. The molecular formula is C15H21NO4S. The third-order valence-electron chi connectivity index (χ3n) is 2.69. The zero-order valence-corrected chi connectivity index (χ0v) is 13.4. The van der Waals surface area contributed by atoms with Crippen LogP contribution in [0, 0.1) is 5.92 Å². The molecule has 116 valence electrons. The van der Waals surface area contributed by atoms with Gasteiger partial charge in [0.2, 0.25) is 5.91 Å². The summed E-state index contributed by atoms with van der Waals surface area (Å²) < 4.78 is 5.07. The number of aliphatic carboxylic acids is 1. The largest absolute Gasteiger partial charge is 0.497 e. The number of benzene rings is 1. The molecule has 0 saturated carbocycles. The predicted octanol–water partition coefficient (Wildman–Crippen LogP) is 2.36. The number of amides is 1. The second-order valence-corrected chi connectivity index (χ2v) is 6.07. The number of methoxy groups -OCH3 is 1. The van der Waals surface area contributed by atoms with E-state index in [1.807, 2.05) is 38.1 Å². The van der Waals surface area contributed by atoms with Gasteiger partial charge in [-0.2, -0.15) is 0 Å². The monoisotopic (exact) mass is 311 g/mol. The van der Waals surface area contributed by atoms with Crippen molar-refractivity contribution in [3.8, 4) is 5.75 Å². The highest BCUT2D eigenvalue weighted by atomic mass is 32.2. The lowest BCUT2D eigenvalue weighted by atomic mass is 10.2. The van der Waals surface area contributed by atoms with Crippen molar-refractivity contribution in [2.24, 2.45) is 5.92 Å². The Balaban J connectivity index is 2.57. The van der Waals surface area contributed by atoms with Crippen LogP contribution in [0.25, 0.3) is 0 Å². The summed E-state index contributed by atoms with van der Waals surface area (Å²) >= 11 is 1.39. The zero-order valence-electron chi connectivity index (χ0n) is 12.5. The van der Waals surface area contributed by atoms with Gasteiger partial charge < -0.3 is 14.7 Å². The molecule has 0 aliphatic rings. The fraction of sp³-hybridized carbons (Fsp3) is 0.467. The minimum Gasteiger partial charge on any atom is -0.497 e. The van der Waals surface area contributed by atoms with Crippen LogP contribution in [-0.2, 0) is 9.59 Å². The van der Waals surface area contributed by atoms with Gasteiger partial charge in [0.25, 0.3) is 0 Å². The first-order valence-corrected chi connectivity index (χ1v) is 7.67. The van der Waals surface area contributed by atoms with Gasteiger partial charge in [0, 0.05) is 11.4 Å². The van der Waals surface area contributed by atoms with Crippen molar-refractivity contribution < 1.29 is 19.4 Å². The van der Waals surface area contributed by atoms with Crippen LogP contribution in [0.15, 0.2) is 29.2 Å². The number of ether oxygens (including phenoxy) is 1. The summed E-state index contributed by atoms with van der Waals surface area (Å²) in [6.45, 7) is 4.12. The lowest BCUT2D eigenvalue weighted by Crippen LogP contribution is -2.39. The third-order valence-corrected chi connectivity index (χ3v) is 3.68. The predicted molar refractivity (Wildman–Crippen MR) is 82.8 cm³/mol. The standard InChI is InChI=1S/C15H21NO4S/c1-11(2)8-16(9-15(18)19)14(17)10-21-13-6-4-12(20-3)5-7-13/h4-7,11H,8-10H2,1-3H3,(H,18,19). The van der Waals surface area contributed by atoms with Crippen LogP contribution in [0.3, 0.4) is 0 Å². The van der Waals surface area contributed by atoms with E-state index in [1.165, 1.54) is 16.7 Å². The summed E-state index contributed by atoms with van der Waals surface area (Å²) in [6, 6.07) is 7.41.